The molecule has 1 atom stereocenters. The molecule has 2 rings (SSSR count). The molecule has 1 unspecified atom stereocenters. The number of carbonyl (C=O) groups is 1. The van der Waals surface area contributed by atoms with E-state index < -0.39 is 0 Å². The number of allylic oxidation sites excluding steroid dienone is 1. The molecule has 0 aliphatic carbocycles. The van der Waals surface area contributed by atoms with Crippen LogP contribution in [0.3, 0.4) is 0 Å². The Labute approximate surface area is 126 Å². The van der Waals surface area contributed by atoms with Gasteiger partial charge in [-0.25, -0.2) is 0 Å². The second-order valence-electron chi connectivity index (χ2n) is 5.59. The van der Waals surface area contributed by atoms with E-state index in [2.05, 4.69) is 39.5 Å². The molecule has 1 N–H and O–H groups in total. The number of carbonyl (C=O) groups excluding carboxylic acids is 1. The van der Waals surface area contributed by atoms with Crippen LogP contribution in [-0.4, -0.2) is 51.8 Å². The molecule has 1 aromatic heterocycles. The first-order valence-electron chi connectivity index (χ1n) is 7.70. The van der Waals surface area contributed by atoms with E-state index in [0.29, 0.717) is 18.9 Å². The monoisotopic (exact) mass is 291 g/mol. The normalized spacial score (nSPS) is 20.0. The summed E-state index contributed by atoms with van der Waals surface area (Å²) < 4.78 is 1.82. The van der Waals surface area contributed by atoms with Gasteiger partial charge < -0.3 is 9.88 Å². The molecule has 1 amide bonds. The fourth-order valence-electron chi connectivity index (χ4n) is 2.65. The lowest BCUT2D eigenvalue weighted by Gasteiger charge is -2.32. The number of likely N-dealkylation sites (tertiary alicyclic amines) is 1. The maximum atomic E-state index is 11.8. The van der Waals surface area contributed by atoms with Gasteiger partial charge in [-0.05, 0) is 32.2 Å². The van der Waals surface area contributed by atoms with Crippen molar-refractivity contribution in [1.29, 1.82) is 0 Å². The second-order valence-corrected chi connectivity index (χ2v) is 5.59. The lowest BCUT2D eigenvalue weighted by Crippen LogP contribution is -2.41. The highest BCUT2D eigenvalue weighted by Gasteiger charge is 2.19. The predicted molar refractivity (Wildman–Crippen MR) is 81.6 cm³/mol. The Hall–Kier alpha value is -1.69. The molecule has 1 fully saturated rings. The SMILES string of the molecule is CC=CCN1CCCC(CNC(=O)CCn2cnnc2)C1. The van der Waals surface area contributed by atoms with E-state index in [-0.39, 0.29) is 5.91 Å². The summed E-state index contributed by atoms with van der Waals surface area (Å²) in [6.45, 7) is 6.74. The summed E-state index contributed by atoms with van der Waals surface area (Å²) in [5.41, 5.74) is 0. The van der Waals surface area contributed by atoms with Crippen LogP contribution in [-0.2, 0) is 11.3 Å². The number of hydrogen-bond acceptors (Lipinski definition) is 4. The zero-order valence-electron chi connectivity index (χ0n) is 12.7. The van der Waals surface area contributed by atoms with Crippen LogP contribution in [0.15, 0.2) is 24.8 Å². The number of nitrogens with zero attached hydrogens (tertiary/aromatic N) is 4. The van der Waals surface area contributed by atoms with Gasteiger partial charge in [0.1, 0.15) is 12.7 Å². The van der Waals surface area contributed by atoms with E-state index in [1.54, 1.807) is 12.7 Å². The number of aryl methyl sites for hydroxylation is 1. The third-order valence-electron chi connectivity index (χ3n) is 3.85. The van der Waals surface area contributed by atoms with Crippen molar-refractivity contribution in [3.63, 3.8) is 0 Å². The highest BCUT2D eigenvalue weighted by Crippen LogP contribution is 2.15. The van der Waals surface area contributed by atoms with Gasteiger partial charge in [-0.15, -0.1) is 10.2 Å². The topological polar surface area (TPSA) is 63.1 Å². The maximum Gasteiger partial charge on any atom is 0.221 e. The van der Waals surface area contributed by atoms with E-state index in [0.717, 1.165) is 19.6 Å². The lowest BCUT2D eigenvalue weighted by atomic mass is 9.98. The van der Waals surface area contributed by atoms with E-state index >= 15 is 0 Å². The molecule has 1 aromatic rings. The number of piperidine rings is 1. The Morgan fingerprint density at radius 1 is 1.43 bits per heavy atom. The van der Waals surface area contributed by atoms with Crippen molar-refractivity contribution in [2.45, 2.75) is 32.7 Å². The minimum Gasteiger partial charge on any atom is -0.356 e. The predicted octanol–water partition coefficient (Wildman–Crippen LogP) is 1.07. The average molecular weight is 291 g/mol. The largest absolute Gasteiger partial charge is 0.356 e. The van der Waals surface area contributed by atoms with Crippen LogP contribution in [0.5, 0.6) is 0 Å². The molecule has 1 aliphatic heterocycles. The molecule has 1 aliphatic rings. The van der Waals surface area contributed by atoms with Crippen molar-refractivity contribution in [1.82, 2.24) is 25.0 Å². The van der Waals surface area contributed by atoms with Crippen molar-refractivity contribution in [3.05, 3.63) is 24.8 Å². The summed E-state index contributed by atoms with van der Waals surface area (Å²) in [5.74, 6) is 0.678. The third kappa shape index (κ3) is 5.67. The van der Waals surface area contributed by atoms with Crippen LogP contribution in [0.4, 0.5) is 0 Å². The van der Waals surface area contributed by atoms with Gasteiger partial charge in [0.2, 0.25) is 5.91 Å². The smallest absolute Gasteiger partial charge is 0.221 e. The highest BCUT2D eigenvalue weighted by atomic mass is 16.1. The molecule has 0 radical (unpaired) electrons. The van der Waals surface area contributed by atoms with Crippen LogP contribution in [0.2, 0.25) is 0 Å². The summed E-state index contributed by atoms with van der Waals surface area (Å²) in [6, 6.07) is 0. The number of rotatable bonds is 7. The van der Waals surface area contributed by atoms with Gasteiger partial charge in [-0.3, -0.25) is 9.69 Å². The summed E-state index contributed by atoms with van der Waals surface area (Å²) in [6.07, 6.45) is 10.5. The first kappa shape index (κ1) is 15.7. The summed E-state index contributed by atoms with van der Waals surface area (Å²) in [7, 11) is 0. The first-order chi connectivity index (χ1) is 10.3. The van der Waals surface area contributed by atoms with Gasteiger partial charge >= 0.3 is 0 Å². The fraction of sp³-hybridized carbons (Fsp3) is 0.667. The molecule has 6 heteroatoms. The molecular formula is C15H25N5O. The zero-order chi connectivity index (χ0) is 14.9. The van der Waals surface area contributed by atoms with Crippen LogP contribution in [0.25, 0.3) is 0 Å². The molecule has 0 aromatic carbocycles. The number of aromatic nitrogens is 3. The Morgan fingerprint density at radius 3 is 3.00 bits per heavy atom. The van der Waals surface area contributed by atoms with E-state index in [9.17, 15) is 4.79 Å². The number of hydrogen-bond donors (Lipinski definition) is 1. The van der Waals surface area contributed by atoms with Gasteiger partial charge in [0.15, 0.2) is 0 Å². The fourth-order valence-corrected chi connectivity index (χ4v) is 2.65. The average Bonchev–Trinajstić information content (AvgIpc) is 3.03. The lowest BCUT2D eigenvalue weighted by molar-refractivity contribution is -0.121. The van der Waals surface area contributed by atoms with E-state index in [4.69, 9.17) is 0 Å². The van der Waals surface area contributed by atoms with Gasteiger partial charge in [-0.1, -0.05) is 12.2 Å². The van der Waals surface area contributed by atoms with Crippen molar-refractivity contribution in [3.8, 4) is 0 Å². The van der Waals surface area contributed by atoms with Gasteiger partial charge in [0.05, 0.1) is 0 Å². The Kier molecular flexibility index (Phi) is 6.40. The third-order valence-corrected chi connectivity index (χ3v) is 3.85. The van der Waals surface area contributed by atoms with E-state index in [1.165, 1.54) is 19.4 Å². The highest BCUT2D eigenvalue weighted by molar-refractivity contribution is 5.75. The summed E-state index contributed by atoms with van der Waals surface area (Å²) >= 11 is 0. The minimum absolute atomic E-state index is 0.106. The molecule has 116 valence electrons. The molecule has 1 saturated heterocycles. The standard InChI is InChI=1S/C15H25N5O/c1-2-3-7-19-8-4-5-14(11-19)10-16-15(21)6-9-20-12-17-18-13-20/h2-3,12-14H,4-11H2,1H3,(H,16,21). The summed E-state index contributed by atoms with van der Waals surface area (Å²) in [4.78, 5) is 14.3. The van der Waals surface area contributed by atoms with Crippen molar-refractivity contribution < 1.29 is 4.79 Å². The maximum absolute atomic E-state index is 11.8. The van der Waals surface area contributed by atoms with E-state index in [1.807, 2.05) is 4.57 Å². The second kappa shape index (κ2) is 8.56. The van der Waals surface area contributed by atoms with Gasteiger partial charge in [0.25, 0.3) is 0 Å². The van der Waals surface area contributed by atoms with Crippen LogP contribution < -0.4 is 5.32 Å². The van der Waals surface area contributed by atoms with Crippen molar-refractivity contribution in [2.75, 3.05) is 26.2 Å². The molecular weight excluding hydrogens is 266 g/mol. The Morgan fingerprint density at radius 2 is 2.24 bits per heavy atom. The van der Waals surface area contributed by atoms with Gasteiger partial charge in [-0.2, -0.15) is 0 Å². The zero-order valence-corrected chi connectivity index (χ0v) is 12.7. The van der Waals surface area contributed by atoms with Crippen molar-refractivity contribution in [2.24, 2.45) is 5.92 Å². The molecule has 0 bridgehead atoms. The number of nitrogens with one attached hydrogen (secondary N) is 1. The number of amides is 1. The molecule has 0 saturated carbocycles. The molecule has 0 spiro atoms. The Bertz CT molecular complexity index is 443. The molecule has 2 heterocycles. The van der Waals surface area contributed by atoms with Gasteiger partial charge in [0, 0.05) is 32.6 Å². The minimum atomic E-state index is 0.106. The molecule has 6 nitrogen and oxygen atoms in total. The first-order valence-corrected chi connectivity index (χ1v) is 7.70. The Balaban J connectivity index is 1.63. The quantitative estimate of drug-likeness (QED) is 0.763. The van der Waals surface area contributed by atoms with Crippen molar-refractivity contribution >= 4 is 5.91 Å². The molecule has 21 heavy (non-hydrogen) atoms. The van der Waals surface area contributed by atoms with Crippen LogP contribution in [0, 0.1) is 5.92 Å². The summed E-state index contributed by atoms with van der Waals surface area (Å²) in [5, 5.41) is 10.5. The van der Waals surface area contributed by atoms with Crippen LogP contribution >= 0.6 is 0 Å². The van der Waals surface area contributed by atoms with Crippen LogP contribution in [0.1, 0.15) is 26.2 Å².